The van der Waals surface area contributed by atoms with Crippen molar-refractivity contribution in [3.05, 3.63) is 0 Å². The zero-order valence-corrected chi connectivity index (χ0v) is 23.5. The van der Waals surface area contributed by atoms with Crippen LogP contribution in [0.2, 0.25) is 0 Å². The Morgan fingerprint density at radius 2 is 1.20 bits per heavy atom. The summed E-state index contributed by atoms with van der Waals surface area (Å²) in [6, 6.07) is 0. The molecule has 0 heterocycles. The summed E-state index contributed by atoms with van der Waals surface area (Å²) >= 11 is 0. The maximum atomic E-state index is 12.6. The van der Waals surface area contributed by atoms with E-state index in [1.165, 1.54) is 6.92 Å². The molecule has 0 spiro atoms. The Bertz CT molecular complexity index is 665. The van der Waals surface area contributed by atoms with Crippen molar-refractivity contribution in [3.8, 4) is 0 Å². The number of Topliss-reactive ketones (excluding diaryl/α,β-unsaturated/α-hetero) is 4. The third-order valence-corrected chi connectivity index (χ3v) is 6.49. The van der Waals surface area contributed by atoms with E-state index < -0.39 is 6.10 Å². The van der Waals surface area contributed by atoms with Crippen molar-refractivity contribution in [1.82, 2.24) is 14.7 Å². The van der Waals surface area contributed by atoms with Gasteiger partial charge in [0.05, 0.1) is 32.3 Å². The molecule has 0 rings (SSSR count). The van der Waals surface area contributed by atoms with Crippen LogP contribution in [0.3, 0.4) is 0 Å². The molecule has 8 heteroatoms. The third-order valence-electron chi connectivity index (χ3n) is 6.49. The normalized spacial score (nSPS) is 13.8. The van der Waals surface area contributed by atoms with Gasteiger partial charge in [-0.2, -0.15) is 0 Å². The first-order valence-electron chi connectivity index (χ1n) is 13.2. The monoisotopic (exact) mass is 497 g/mol. The Kier molecular flexibility index (Phi) is 17.1. The first-order chi connectivity index (χ1) is 16.3. The molecule has 0 aromatic heterocycles. The van der Waals surface area contributed by atoms with Crippen molar-refractivity contribution >= 4 is 23.1 Å². The minimum atomic E-state index is -0.527. The number of ketones is 4. The van der Waals surface area contributed by atoms with Crippen molar-refractivity contribution in [2.24, 2.45) is 17.8 Å². The summed E-state index contributed by atoms with van der Waals surface area (Å²) in [5.74, 6) is 0.248. The van der Waals surface area contributed by atoms with Crippen LogP contribution in [0, 0.1) is 17.8 Å². The summed E-state index contributed by atoms with van der Waals surface area (Å²) in [5, 5.41) is 10.5. The Morgan fingerprint density at radius 3 is 1.63 bits per heavy atom. The fraction of sp³-hybridized carbons (Fsp3) is 0.852. The van der Waals surface area contributed by atoms with E-state index in [4.69, 9.17) is 0 Å². The van der Waals surface area contributed by atoms with E-state index in [0.717, 1.165) is 6.42 Å². The molecule has 8 nitrogen and oxygen atoms in total. The third kappa shape index (κ3) is 15.3. The number of aliphatic hydroxyl groups is 1. The van der Waals surface area contributed by atoms with Gasteiger partial charge in [-0.1, -0.05) is 48.5 Å². The number of nitrogens with zero attached hydrogens (tertiary/aromatic N) is 3. The van der Waals surface area contributed by atoms with Gasteiger partial charge in [-0.3, -0.25) is 33.9 Å². The topological polar surface area (TPSA) is 98.2 Å². The summed E-state index contributed by atoms with van der Waals surface area (Å²) in [7, 11) is 0. The molecule has 0 fully saturated rings. The minimum absolute atomic E-state index is 0.00290. The van der Waals surface area contributed by atoms with Crippen LogP contribution < -0.4 is 0 Å². The van der Waals surface area contributed by atoms with E-state index >= 15 is 0 Å². The highest BCUT2D eigenvalue weighted by atomic mass is 16.3. The Labute approximate surface area is 213 Å². The largest absolute Gasteiger partial charge is 0.392 e. The van der Waals surface area contributed by atoms with E-state index in [-0.39, 0.29) is 67.1 Å². The molecular weight excluding hydrogens is 446 g/mol. The van der Waals surface area contributed by atoms with Gasteiger partial charge < -0.3 is 5.11 Å². The van der Waals surface area contributed by atoms with Gasteiger partial charge in [0.2, 0.25) is 0 Å². The smallest absolute Gasteiger partial charge is 0.149 e. The molecule has 0 aliphatic rings. The molecule has 0 saturated heterocycles. The summed E-state index contributed by atoms with van der Waals surface area (Å²) in [4.78, 5) is 54.7. The summed E-state index contributed by atoms with van der Waals surface area (Å²) < 4.78 is 0. The molecule has 0 aromatic rings. The zero-order valence-electron chi connectivity index (χ0n) is 23.5. The first-order valence-corrected chi connectivity index (χ1v) is 13.2. The van der Waals surface area contributed by atoms with Crippen LogP contribution in [0.1, 0.15) is 68.2 Å². The molecule has 2 unspecified atom stereocenters. The Hall–Kier alpha value is -1.48. The van der Waals surface area contributed by atoms with Gasteiger partial charge in [0.1, 0.15) is 23.1 Å². The average molecular weight is 498 g/mol. The molecule has 0 aliphatic carbocycles. The first kappa shape index (κ1) is 33.5. The maximum absolute atomic E-state index is 12.6. The molecule has 0 radical (unpaired) electrons. The number of hydrogen-bond acceptors (Lipinski definition) is 8. The minimum Gasteiger partial charge on any atom is -0.392 e. The van der Waals surface area contributed by atoms with E-state index in [1.807, 2.05) is 58.3 Å². The standard InChI is InChI=1S/C27H51N3O5/c1-9-22(7)27(35)19-30(16-24(32)10-2)14-12-28(17-25(33)20(3)4)11-13-29(15-23(8)31)18-26(34)21(5)6/h20-22,25,33H,9-19H2,1-8H3. The zero-order chi connectivity index (χ0) is 27.1. The highest BCUT2D eigenvalue weighted by Crippen LogP contribution is 2.08. The molecule has 204 valence electrons. The van der Waals surface area contributed by atoms with E-state index in [2.05, 4.69) is 4.90 Å². The predicted molar refractivity (Wildman–Crippen MR) is 140 cm³/mol. The van der Waals surface area contributed by atoms with Gasteiger partial charge in [-0.15, -0.1) is 0 Å². The lowest BCUT2D eigenvalue weighted by atomic mass is 10.0. The van der Waals surface area contributed by atoms with Crippen molar-refractivity contribution < 1.29 is 24.3 Å². The van der Waals surface area contributed by atoms with Crippen LogP contribution in [0.5, 0.6) is 0 Å². The van der Waals surface area contributed by atoms with Gasteiger partial charge in [0.25, 0.3) is 0 Å². The highest BCUT2D eigenvalue weighted by molar-refractivity contribution is 5.84. The molecule has 0 bridgehead atoms. The van der Waals surface area contributed by atoms with Crippen LogP contribution >= 0.6 is 0 Å². The SMILES string of the molecule is CCC(=O)CN(CCN(CCN(CC(C)=O)CC(=O)C(C)C)CC(O)C(C)C)CC(=O)C(C)CC. The highest BCUT2D eigenvalue weighted by Gasteiger charge is 2.22. The fourth-order valence-corrected chi connectivity index (χ4v) is 3.45. The van der Waals surface area contributed by atoms with E-state index in [9.17, 15) is 24.3 Å². The van der Waals surface area contributed by atoms with Gasteiger partial charge >= 0.3 is 0 Å². The Morgan fingerprint density at radius 1 is 0.714 bits per heavy atom. The number of aliphatic hydroxyl groups excluding tert-OH is 1. The Balaban J connectivity index is 5.41. The molecule has 0 aromatic carbocycles. The molecule has 0 aliphatic heterocycles. The van der Waals surface area contributed by atoms with Crippen molar-refractivity contribution in [2.75, 3.05) is 58.9 Å². The van der Waals surface area contributed by atoms with Crippen LogP contribution in [0.4, 0.5) is 0 Å². The lowest BCUT2D eigenvalue weighted by Crippen LogP contribution is -2.47. The number of rotatable bonds is 21. The summed E-state index contributed by atoms with van der Waals surface area (Å²) in [6.07, 6.45) is 0.664. The average Bonchev–Trinajstić information content (AvgIpc) is 2.78. The van der Waals surface area contributed by atoms with Crippen molar-refractivity contribution in [2.45, 2.75) is 74.3 Å². The van der Waals surface area contributed by atoms with Gasteiger partial charge in [-0.25, -0.2) is 0 Å². The van der Waals surface area contributed by atoms with Crippen LogP contribution in [0.25, 0.3) is 0 Å². The number of carbonyl (C=O) groups is 4. The molecule has 0 saturated carbocycles. The number of carbonyl (C=O) groups excluding carboxylic acids is 4. The second-order valence-electron chi connectivity index (χ2n) is 10.5. The van der Waals surface area contributed by atoms with E-state index in [1.54, 1.807) is 0 Å². The molecule has 2 atom stereocenters. The fourth-order valence-electron chi connectivity index (χ4n) is 3.45. The summed E-state index contributed by atoms with van der Waals surface area (Å²) in [5.41, 5.74) is 0. The van der Waals surface area contributed by atoms with Crippen molar-refractivity contribution in [1.29, 1.82) is 0 Å². The predicted octanol–water partition coefficient (Wildman–Crippen LogP) is 2.32. The molecular formula is C27H51N3O5. The second kappa shape index (κ2) is 17.9. The molecule has 35 heavy (non-hydrogen) atoms. The second-order valence-corrected chi connectivity index (χ2v) is 10.5. The van der Waals surface area contributed by atoms with Crippen LogP contribution in [-0.2, 0) is 19.2 Å². The lowest BCUT2D eigenvalue weighted by Gasteiger charge is -2.31. The quantitative estimate of drug-likeness (QED) is 0.258. The molecule has 0 amide bonds. The molecule has 1 N–H and O–H groups in total. The number of hydrogen-bond donors (Lipinski definition) is 1. The summed E-state index contributed by atoms with van der Waals surface area (Å²) in [6.45, 7) is 18.4. The van der Waals surface area contributed by atoms with Crippen LogP contribution in [-0.4, -0.2) is 108 Å². The van der Waals surface area contributed by atoms with E-state index in [0.29, 0.717) is 39.1 Å². The van der Waals surface area contributed by atoms with Crippen LogP contribution in [0.15, 0.2) is 0 Å². The van der Waals surface area contributed by atoms with Gasteiger partial charge in [0.15, 0.2) is 0 Å². The maximum Gasteiger partial charge on any atom is 0.149 e. The lowest BCUT2D eigenvalue weighted by molar-refractivity contribution is -0.126. The van der Waals surface area contributed by atoms with Gasteiger partial charge in [-0.05, 0) is 19.3 Å². The van der Waals surface area contributed by atoms with Gasteiger partial charge in [0, 0.05) is 51.0 Å². The van der Waals surface area contributed by atoms with Crippen molar-refractivity contribution in [3.63, 3.8) is 0 Å².